The van der Waals surface area contributed by atoms with E-state index in [2.05, 4.69) is 40.3 Å². The molecule has 4 nitrogen and oxygen atoms in total. The summed E-state index contributed by atoms with van der Waals surface area (Å²) in [6.07, 6.45) is 3.82. The van der Waals surface area contributed by atoms with Gasteiger partial charge in [-0.3, -0.25) is 10.00 Å². The number of halogens is 1. The van der Waals surface area contributed by atoms with Gasteiger partial charge in [-0.2, -0.15) is 5.10 Å². The van der Waals surface area contributed by atoms with Crippen LogP contribution in [0.15, 0.2) is 48.7 Å². The Morgan fingerprint density at radius 1 is 1.24 bits per heavy atom. The van der Waals surface area contributed by atoms with E-state index < -0.39 is 0 Å². The summed E-state index contributed by atoms with van der Waals surface area (Å²) in [6, 6.07) is 13.5. The molecule has 1 N–H and O–H groups in total. The van der Waals surface area contributed by atoms with Crippen LogP contribution in [0.25, 0.3) is 10.9 Å². The molecule has 1 fully saturated rings. The summed E-state index contributed by atoms with van der Waals surface area (Å²) >= 11 is 0. The molecular weight excluding hydrogens is 317 g/mol. The van der Waals surface area contributed by atoms with Crippen molar-refractivity contribution in [2.24, 2.45) is 0 Å². The second kappa shape index (κ2) is 6.94. The van der Waals surface area contributed by atoms with Gasteiger partial charge >= 0.3 is 0 Å². The first-order valence-corrected chi connectivity index (χ1v) is 8.68. The molecule has 1 saturated heterocycles. The van der Waals surface area contributed by atoms with Crippen molar-refractivity contribution in [2.75, 3.05) is 13.7 Å². The van der Waals surface area contributed by atoms with Crippen LogP contribution in [0, 0.1) is 5.82 Å². The molecule has 3 aromatic rings. The number of aromatic amines is 1. The molecule has 2 atom stereocenters. The van der Waals surface area contributed by atoms with Crippen LogP contribution in [0.5, 0.6) is 0 Å². The van der Waals surface area contributed by atoms with E-state index in [4.69, 9.17) is 4.74 Å². The van der Waals surface area contributed by atoms with E-state index in [9.17, 15) is 4.39 Å². The summed E-state index contributed by atoms with van der Waals surface area (Å²) < 4.78 is 19.1. The predicted molar refractivity (Wildman–Crippen MR) is 95.7 cm³/mol. The SMILES string of the molecule is CN(Cc1ccc2cn[nH]c2c1)[C@@H]1CCO[C@@H](c2ccc(F)cc2)C1. The number of fused-ring (bicyclic) bond motifs is 1. The van der Waals surface area contributed by atoms with Crippen LogP contribution in [-0.2, 0) is 11.3 Å². The van der Waals surface area contributed by atoms with Gasteiger partial charge in [-0.25, -0.2) is 4.39 Å². The lowest BCUT2D eigenvalue weighted by molar-refractivity contribution is -0.0249. The Morgan fingerprint density at radius 3 is 2.92 bits per heavy atom. The second-order valence-corrected chi connectivity index (χ2v) is 6.80. The first-order chi connectivity index (χ1) is 12.2. The Balaban J connectivity index is 1.44. The van der Waals surface area contributed by atoms with Crippen molar-refractivity contribution in [3.05, 3.63) is 65.6 Å². The fourth-order valence-electron chi connectivity index (χ4n) is 3.59. The Kier molecular flexibility index (Phi) is 4.51. The number of hydrogen-bond acceptors (Lipinski definition) is 3. The number of nitrogens with one attached hydrogen (secondary N) is 1. The molecule has 0 spiro atoms. The lowest BCUT2D eigenvalue weighted by Gasteiger charge is -2.35. The zero-order valence-corrected chi connectivity index (χ0v) is 14.3. The van der Waals surface area contributed by atoms with Gasteiger partial charge in [-0.1, -0.05) is 24.3 Å². The lowest BCUT2D eigenvalue weighted by atomic mass is 9.96. The summed E-state index contributed by atoms with van der Waals surface area (Å²) in [6.45, 7) is 1.62. The number of ether oxygens (including phenoxy) is 1. The lowest BCUT2D eigenvalue weighted by Crippen LogP contribution is -2.37. The number of benzene rings is 2. The van der Waals surface area contributed by atoms with Gasteiger partial charge < -0.3 is 4.74 Å². The van der Waals surface area contributed by atoms with Crippen molar-refractivity contribution in [3.8, 4) is 0 Å². The molecule has 5 heteroatoms. The molecule has 25 heavy (non-hydrogen) atoms. The molecule has 130 valence electrons. The van der Waals surface area contributed by atoms with Crippen molar-refractivity contribution in [2.45, 2.75) is 31.5 Å². The van der Waals surface area contributed by atoms with Crippen molar-refractivity contribution >= 4 is 10.9 Å². The topological polar surface area (TPSA) is 41.2 Å². The quantitative estimate of drug-likeness (QED) is 0.779. The molecule has 0 aliphatic carbocycles. The summed E-state index contributed by atoms with van der Waals surface area (Å²) in [5.74, 6) is -0.206. The van der Waals surface area contributed by atoms with E-state index in [1.165, 1.54) is 17.7 Å². The third-order valence-corrected chi connectivity index (χ3v) is 5.06. The summed E-state index contributed by atoms with van der Waals surface area (Å²) in [4.78, 5) is 2.39. The average Bonchev–Trinajstić information content (AvgIpc) is 3.10. The Hall–Kier alpha value is -2.24. The highest BCUT2D eigenvalue weighted by Gasteiger charge is 2.26. The van der Waals surface area contributed by atoms with E-state index in [1.54, 1.807) is 0 Å². The molecule has 0 radical (unpaired) electrons. The van der Waals surface area contributed by atoms with E-state index in [-0.39, 0.29) is 11.9 Å². The second-order valence-electron chi connectivity index (χ2n) is 6.80. The molecule has 0 amide bonds. The third-order valence-electron chi connectivity index (χ3n) is 5.06. The molecule has 1 aromatic heterocycles. The normalized spacial score (nSPS) is 21.1. The van der Waals surface area contributed by atoms with Gasteiger partial charge in [0.2, 0.25) is 0 Å². The van der Waals surface area contributed by atoms with Gasteiger partial charge in [0.1, 0.15) is 5.82 Å². The van der Waals surface area contributed by atoms with Gasteiger partial charge in [0, 0.05) is 24.6 Å². The standard InChI is InChI=1S/C20H22FN3O/c1-24(13-14-2-3-16-12-22-23-19(16)10-14)18-8-9-25-20(11-18)15-4-6-17(21)7-5-15/h2-7,10,12,18,20H,8-9,11,13H2,1H3,(H,22,23)/t18-,20-/m1/s1. The molecular formula is C20H22FN3O. The largest absolute Gasteiger partial charge is 0.373 e. The highest BCUT2D eigenvalue weighted by atomic mass is 19.1. The van der Waals surface area contributed by atoms with Crippen LogP contribution in [0.2, 0.25) is 0 Å². The maximum Gasteiger partial charge on any atom is 0.123 e. The number of H-pyrrole nitrogens is 1. The minimum absolute atomic E-state index is 0.0388. The van der Waals surface area contributed by atoms with E-state index in [0.717, 1.165) is 42.5 Å². The molecule has 0 bridgehead atoms. The van der Waals surface area contributed by atoms with E-state index in [1.807, 2.05) is 18.3 Å². The highest BCUT2D eigenvalue weighted by Crippen LogP contribution is 2.31. The molecule has 4 rings (SSSR count). The predicted octanol–water partition coefficient (Wildman–Crippen LogP) is 4.05. The van der Waals surface area contributed by atoms with Crippen molar-refractivity contribution in [1.82, 2.24) is 15.1 Å². The van der Waals surface area contributed by atoms with E-state index in [0.29, 0.717) is 6.04 Å². The molecule has 1 aliphatic rings. The zero-order valence-electron chi connectivity index (χ0n) is 14.3. The molecule has 1 aliphatic heterocycles. The summed E-state index contributed by atoms with van der Waals surface area (Å²) in [5.41, 5.74) is 3.39. The van der Waals surface area contributed by atoms with Gasteiger partial charge in [-0.05, 0) is 49.2 Å². The zero-order chi connectivity index (χ0) is 17.2. The number of aromatic nitrogens is 2. The first-order valence-electron chi connectivity index (χ1n) is 8.68. The molecule has 2 heterocycles. The fourth-order valence-corrected chi connectivity index (χ4v) is 3.59. The van der Waals surface area contributed by atoms with E-state index >= 15 is 0 Å². The minimum atomic E-state index is -0.206. The maximum atomic E-state index is 13.1. The average molecular weight is 339 g/mol. The molecule has 0 unspecified atom stereocenters. The first kappa shape index (κ1) is 16.2. The van der Waals surface area contributed by atoms with Crippen LogP contribution in [0.3, 0.4) is 0 Å². The van der Waals surface area contributed by atoms with Crippen molar-refractivity contribution < 1.29 is 9.13 Å². The summed E-state index contributed by atoms with van der Waals surface area (Å²) in [7, 11) is 2.16. The Bertz CT molecular complexity index is 846. The number of rotatable bonds is 4. The maximum absolute atomic E-state index is 13.1. The van der Waals surface area contributed by atoms with Gasteiger partial charge in [0.15, 0.2) is 0 Å². The van der Waals surface area contributed by atoms with Gasteiger partial charge in [0.05, 0.1) is 17.8 Å². The highest BCUT2D eigenvalue weighted by molar-refractivity contribution is 5.78. The van der Waals surface area contributed by atoms with Crippen LogP contribution >= 0.6 is 0 Å². The Morgan fingerprint density at radius 2 is 2.08 bits per heavy atom. The number of nitrogens with zero attached hydrogens (tertiary/aromatic N) is 2. The smallest absolute Gasteiger partial charge is 0.123 e. The van der Waals surface area contributed by atoms with Crippen LogP contribution < -0.4 is 0 Å². The van der Waals surface area contributed by atoms with Crippen molar-refractivity contribution in [3.63, 3.8) is 0 Å². The summed E-state index contributed by atoms with van der Waals surface area (Å²) in [5, 5.41) is 8.24. The fraction of sp³-hybridized carbons (Fsp3) is 0.350. The third kappa shape index (κ3) is 3.57. The number of hydrogen-bond donors (Lipinski definition) is 1. The van der Waals surface area contributed by atoms with Gasteiger partial charge in [-0.15, -0.1) is 0 Å². The molecule has 2 aromatic carbocycles. The van der Waals surface area contributed by atoms with Crippen LogP contribution in [0.1, 0.15) is 30.1 Å². The van der Waals surface area contributed by atoms with Crippen molar-refractivity contribution in [1.29, 1.82) is 0 Å². The Labute approximate surface area is 146 Å². The molecule has 0 saturated carbocycles. The monoisotopic (exact) mass is 339 g/mol. The van der Waals surface area contributed by atoms with Gasteiger partial charge in [0.25, 0.3) is 0 Å². The minimum Gasteiger partial charge on any atom is -0.373 e. The van der Waals surface area contributed by atoms with Crippen LogP contribution in [-0.4, -0.2) is 34.8 Å². The van der Waals surface area contributed by atoms with Crippen LogP contribution in [0.4, 0.5) is 4.39 Å².